The fourth-order valence-electron chi connectivity index (χ4n) is 2.45. The molecule has 3 nitrogen and oxygen atoms in total. The molecule has 1 aliphatic rings. The number of nitrogens with one attached hydrogen (secondary N) is 1. The Kier molecular flexibility index (Phi) is 4.38. The SMILES string of the molecule is CCC1(CNS(=O)(=O)c2ccc(Br)c(C)c2)CCC1. The third-order valence-electron chi connectivity index (χ3n) is 4.24. The van der Waals surface area contributed by atoms with Crippen LogP contribution in [0.15, 0.2) is 27.6 Å². The Hall–Kier alpha value is -0.390. The second kappa shape index (κ2) is 5.54. The van der Waals surface area contributed by atoms with Crippen molar-refractivity contribution in [2.75, 3.05) is 6.54 Å². The summed E-state index contributed by atoms with van der Waals surface area (Å²) in [6, 6.07) is 5.12. The lowest BCUT2D eigenvalue weighted by Gasteiger charge is -2.41. The Bertz CT molecular complexity index is 559. The van der Waals surface area contributed by atoms with Gasteiger partial charge in [0.05, 0.1) is 4.90 Å². The standard InChI is InChI=1S/C14H20BrNO2S/c1-3-14(7-4-8-14)10-16-19(17,18)12-5-6-13(15)11(2)9-12/h5-6,9,16H,3-4,7-8,10H2,1-2H3. The summed E-state index contributed by atoms with van der Waals surface area (Å²) in [7, 11) is -3.39. The van der Waals surface area contributed by atoms with E-state index in [1.807, 2.05) is 6.92 Å². The van der Waals surface area contributed by atoms with E-state index in [-0.39, 0.29) is 5.41 Å². The van der Waals surface area contributed by atoms with Crippen LogP contribution in [0, 0.1) is 12.3 Å². The van der Waals surface area contributed by atoms with Crippen LogP contribution in [0.2, 0.25) is 0 Å². The second-order valence-corrected chi connectivity index (χ2v) is 8.06. The van der Waals surface area contributed by atoms with Crippen LogP contribution < -0.4 is 4.72 Å². The third-order valence-corrected chi connectivity index (χ3v) is 6.53. The lowest BCUT2D eigenvalue weighted by Crippen LogP contribution is -2.41. The van der Waals surface area contributed by atoms with Gasteiger partial charge in [0.25, 0.3) is 0 Å². The largest absolute Gasteiger partial charge is 0.240 e. The maximum absolute atomic E-state index is 12.3. The average Bonchev–Trinajstić information content (AvgIpc) is 2.31. The first kappa shape index (κ1) is 15.0. The Balaban J connectivity index is 2.11. The van der Waals surface area contributed by atoms with Crippen molar-refractivity contribution in [3.8, 4) is 0 Å². The molecular formula is C14H20BrNO2S. The quantitative estimate of drug-likeness (QED) is 0.885. The molecule has 106 valence electrons. The highest BCUT2D eigenvalue weighted by Crippen LogP contribution is 2.43. The summed E-state index contributed by atoms with van der Waals surface area (Å²) < 4.78 is 28.2. The smallest absolute Gasteiger partial charge is 0.211 e. The molecule has 1 N–H and O–H groups in total. The average molecular weight is 346 g/mol. The van der Waals surface area contributed by atoms with Crippen LogP contribution in [0.25, 0.3) is 0 Å². The van der Waals surface area contributed by atoms with E-state index >= 15 is 0 Å². The molecule has 0 atom stereocenters. The van der Waals surface area contributed by atoms with Gasteiger partial charge in [-0.25, -0.2) is 13.1 Å². The van der Waals surface area contributed by atoms with Gasteiger partial charge in [-0.05, 0) is 55.4 Å². The zero-order valence-electron chi connectivity index (χ0n) is 11.4. The number of aryl methyl sites for hydroxylation is 1. The fourth-order valence-corrected chi connectivity index (χ4v) is 3.94. The topological polar surface area (TPSA) is 46.2 Å². The molecule has 1 aromatic carbocycles. The summed E-state index contributed by atoms with van der Waals surface area (Å²) in [6.45, 7) is 4.58. The molecule has 0 radical (unpaired) electrons. The van der Waals surface area contributed by atoms with Gasteiger partial charge < -0.3 is 0 Å². The minimum Gasteiger partial charge on any atom is -0.211 e. The van der Waals surface area contributed by atoms with Crippen molar-refractivity contribution in [1.29, 1.82) is 0 Å². The molecule has 5 heteroatoms. The van der Waals surface area contributed by atoms with Gasteiger partial charge in [-0.3, -0.25) is 0 Å². The molecule has 1 aromatic rings. The maximum Gasteiger partial charge on any atom is 0.240 e. The van der Waals surface area contributed by atoms with Gasteiger partial charge >= 0.3 is 0 Å². The van der Waals surface area contributed by atoms with Crippen molar-refractivity contribution in [2.24, 2.45) is 5.41 Å². The van der Waals surface area contributed by atoms with E-state index in [0.29, 0.717) is 11.4 Å². The Morgan fingerprint density at radius 1 is 1.37 bits per heavy atom. The predicted octanol–water partition coefficient (Wildman–Crippen LogP) is 3.62. The summed E-state index contributed by atoms with van der Waals surface area (Å²) in [6.07, 6.45) is 4.51. The van der Waals surface area contributed by atoms with Crippen LogP contribution in [0.5, 0.6) is 0 Å². The molecule has 0 amide bonds. The summed E-state index contributed by atoms with van der Waals surface area (Å²) in [4.78, 5) is 0.346. The van der Waals surface area contributed by atoms with Crippen LogP contribution in [0.1, 0.15) is 38.2 Å². The number of rotatable bonds is 5. The Morgan fingerprint density at radius 2 is 2.05 bits per heavy atom. The summed E-state index contributed by atoms with van der Waals surface area (Å²) >= 11 is 3.38. The van der Waals surface area contributed by atoms with Gasteiger partial charge in [-0.2, -0.15) is 0 Å². The highest BCUT2D eigenvalue weighted by atomic mass is 79.9. The first-order valence-electron chi connectivity index (χ1n) is 6.64. The Morgan fingerprint density at radius 3 is 2.53 bits per heavy atom. The molecule has 0 spiro atoms. The van der Waals surface area contributed by atoms with Gasteiger partial charge in [-0.1, -0.05) is 29.3 Å². The molecule has 2 rings (SSSR count). The Labute approximate surface area is 124 Å². The van der Waals surface area contributed by atoms with Gasteiger partial charge in [0.15, 0.2) is 0 Å². The van der Waals surface area contributed by atoms with Gasteiger partial charge in [0, 0.05) is 11.0 Å². The van der Waals surface area contributed by atoms with Crippen LogP contribution in [0.3, 0.4) is 0 Å². The number of halogens is 1. The fraction of sp³-hybridized carbons (Fsp3) is 0.571. The van der Waals surface area contributed by atoms with Crippen molar-refractivity contribution in [1.82, 2.24) is 4.72 Å². The maximum atomic E-state index is 12.3. The molecule has 1 saturated carbocycles. The molecule has 1 fully saturated rings. The van der Waals surface area contributed by atoms with Crippen molar-refractivity contribution in [3.05, 3.63) is 28.2 Å². The third kappa shape index (κ3) is 3.20. The first-order valence-corrected chi connectivity index (χ1v) is 8.92. The van der Waals surface area contributed by atoms with E-state index in [0.717, 1.165) is 29.3 Å². The number of sulfonamides is 1. The number of hydrogen-bond donors (Lipinski definition) is 1. The molecule has 0 unspecified atom stereocenters. The second-order valence-electron chi connectivity index (χ2n) is 5.44. The van der Waals surface area contributed by atoms with E-state index in [1.165, 1.54) is 6.42 Å². The van der Waals surface area contributed by atoms with Crippen molar-refractivity contribution in [2.45, 2.75) is 44.4 Å². The molecular weight excluding hydrogens is 326 g/mol. The van der Waals surface area contributed by atoms with Crippen LogP contribution in [0.4, 0.5) is 0 Å². The number of hydrogen-bond acceptors (Lipinski definition) is 2. The molecule has 19 heavy (non-hydrogen) atoms. The van der Waals surface area contributed by atoms with Crippen molar-refractivity contribution >= 4 is 26.0 Å². The molecule has 0 heterocycles. The summed E-state index contributed by atoms with van der Waals surface area (Å²) in [5.41, 5.74) is 1.12. The molecule has 0 bridgehead atoms. The normalized spacial score (nSPS) is 18.1. The number of benzene rings is 1. The highest BCUT2D eigenvalue weighted by Gasteiger charge is 2.36. The van der Waals surface area contributed by atoms with E-state index in [2.05, 4.69) is 27.6 Å². The van der Waals surface area contributed by atoms with Gasteiger partial charge in [0.1, 0.15) is 0 Å². The van der Waals surface area contributed by atoms with E-state index in [1.54, 1.807) is 18.2 Å². The van der Waals surface area contributed by atoms with E-state index < -0.39 is 10.0 Å². The highest BCUT2D eigenvalue weighted by molar-refractivity contribution is 9.10. The zero-order valence-corrected chi connectivity index (χ0v) is 13.8. The zero-order chi connectivity index (χ0) is 14.1. The van der Waals surface area contributed by atoms with Crippen LogP contribution in [-0.2, 0) is 10.0 Å². The van der Waals surface area contributed by atoms with E-state index in [4.69, 9.17) is 0 Å². The van der Waals surface area contributed by atoms with Crippen LogP contribution >= 0.6 is 15.9 Å². The lowest BCUT2D eigenvalue weighted by molar-refractivity contribution is 0.133. The van der Waals surface area contributed by atoms with Crippen molar-refractivity contribution in [3.63, 3.8) is 0 Å². The monoisotopic (exact) mass is 345 g/mol. The molecule has 0 aliphatic heterocycles. The first-order chi connectivity index (χ1) is 8.88. The lowest BCUT2D eigenvalue weighted by atomic mass is 9.67. The van der Waals surface area contributed by atoms with Crippen molar-refractivity contribution < 1.29 is 8.42 Å². The predicted molar refractivity (Wildman–Crippen MR) is 80.6 cm³/mol. The molecule has 0 saturated heterocycles. The van der Waals surface area contributed by atoms with E-state index in [9.17, 15) is 8.42 Å². The summed E-state index contributed by atoms with van der Waals surface area (Å²) in [5, 5.41) is 0. The minimum atomic E-state index is -3.39. The molecule has 0 aromatic heterocycles. The minimum absolute atomic E-state index is 0.192. The van der Waals surface area contributed by atoms with Gasteiger partial charge in [0.2, 0.25) is 10.0 Å². The van der Waals surface area contributed by atoms with Crippen LogP contribution in [-0.4, -0.2) is 15.0 Å². The molecule has 1 aliphatic carbocycles. The van der Waals surface area contributed by atoms with Gasteiger partial charge in [-0.15, -0.1) is 0 Å². The summed E-state index contributed by atoms with van der Waals surface area (Å²) in [5.74, 6) is 0.